The maximum Gasteiger partial charge on any atom is 0.435 e. The van der Waals surface area contributed by atoms with Gasteiger partial charge in [-0.15, -0.1) is 0 Å². The van der Waals surface area contributed by atoms with E-state index >= 15 is 0 Å². The number of anilines is 1. The quantitative estimate of drug-likeness (QED) is 0.361. The first kappa shape index (κ1) is 24.7. The van der Waals surface area contributed by atoms with E-state index in [1.54, 1.807) is 65.6 Å². The molecule has 3 aromatic carbocycles. The molecule has 1 aliphatic heterocycles. The van der Waals surface area contributed by atoms with Crippen molar-refractivity contribution < 1.29 is 23.1 Å². The fraction of sp³-hybridized carbons (Fsp3) is 0.185. The van der Waals surface area contributed by atoms with Gasteiger partial charge >= 0.3 is 6.18 Å². The Hall–Kier alpha value is -3.98. The number of carbonyl (C=O) groups excluding carboxylic acids is 1. The van der Waals surface area contributed by atoms with Gasteiger partial charge in [-0.05, 0) is 42.5 Å². The predicted molar refractivity (Wildman–Crippen MR) is 135 cm³/mol. The largest absolute Gasteiger partial charge is 0.506 e. The first-order valence-electron chi connectivity index (χ1n) is 11.6. The van der Waals surface area contributed by atoms with Crippen LogP contribution < -0.4 is 4.90 Å². The molecule has 0 saturated carbocycles. The van der Waals surface area contributed by atoms with Gasteiger partial charge in [-0.25, -0.2) is 4.68 Å². The van der Waals surface area contributed by atoms with Crippen LogP contribution in [0.5, 0.6) is 5.75 Å². The van der Waals surface area contributed by atoms with Crippen molar-refractivity contribution in [3.05, 3.63) is 95.1 Å². The van der Waals surface area contributed by atoms with E-state index in [0.29, 0.717) is 43.0 Å². The Kier molecular flexibility index (Phi) is 6.55. The number of piperazine rings is 1. The molecular weight excluding hydrogens is 505 g/mol. The Morgan fingerprint density at radius 2 is 1.49 bits per heavy atom. The summed E-state index contributed by atoms with van der Waals surface area (Å²) in [5.74, 6) is 0.0293. The average molecular weight is 527 g/mol. The molecule has 190 valence electrons. The number of para-hydroxylation sites is 3. The molecule has 0 unspecified atom stereocenters. The minimum Gasteiger partial charge on any atom is -0.506 e. The average Bonchev–Trinajstić information content (AvgIpc) is 3.35. The Morgan fingerprint density at radius 3 is 2.11 bits per heavy atom. The smallest absolute Gasteiger partial charge is 0.435 e. The summed E-state index contributed by atoms with van der Waals surface area (Å²) < 4.78 is 41.6. The highest BCUT2D eigenvalue weighted by Crippen LogP contribution is 2.35. The second kappa shape index (κ2) is 9.82. The number of aromatic nitrogens is 2. The highest BCUT2D eigenvalue weighted by atomic mass is 35.5. The van der Waals surface area contributed by atoms with E-state index in [4.69, 9.17) is 11.6 Å². The molecule has 0 spiro atoms. The number of hydrogen-bond acceptors (Lipinski definition) is 4. The van der Waals surface area contributed by atoms with E-state index in [1.165, 1.54) is 4.68 Å². The van der Waals surface area contributed by atoms with Crippen molar-refractivity contribution in [2.45, 2.75) is 6.18 Å². The Labute approximate surface area is 216 Å². The van der Waals surface area contributed by atoms with Gasteiger partial charge < -0.3 is 14.9 Å². The lowest BCUT2D eigenvalue weighted by atomic mass is 10.1. The maximum absolute atomic E-state index is 13.5. The molecule has 1 fully saturated rings. The summed E-state index contributed by atoms with van der Waals surface area (Å²) in [6.45, 7) is 2.09. The van der Waals surface area contributed by atoms with Gasteiger partial charge in [-0.2, -0.15) is 18.3 Å². The van der Waals surface area contributed by atoms with E-state index in [2.05, 4.69) is 5.10 Å². The maximum atomic E-state index is 13.5. The zero-order chi connectivity index (χ0) is 26.2. The van der Waals surface area contributed by atoms with Crippen molar-refractivity contribution in [1.82, 2.24) is 14.7 Å². The first-order chi connectivity index (χ1) is 17.7. The molecule has 6 nitrogen and oxygen atoms in total. The summed E-state index contributed by atoms with van der Waals surface area (Å²) in [7, 11) is 0. The highest BCUT2D eigenvalue weighted by molar-refractivity contribution is 6.32. The summed E-state index contributed by atoms with van der Waals surface area (Å²) in [6, 6.07) is 21.0. The monoisotopic (exact) mass is 526 g/mol. The van der Waals surface area contributed by atoms with Crippen molar-refractivity contribution in [2.24, 2.45) is 0 Å². The van der Waals surface area contributed by atoms with Crippen LogP contribution in [-0.4, -0.2) is 51.9 Å². The van der Waals surface area contributed by atoms with E-state index in [9.17, 15) is 23.1 Å². The SMILES string of the molecule is O=C(c1ccc(-c2cc(C(F)(F)F)nn2-c2ccccc2Cl)cc1)N1CCN(c2ccccc2O)CC1. The number of rotatable bonds is 4. The number of nitrogens with zero attached hydrogens (tertiary/aromatic N) is 4. The van der Waals surface area contributed by atoms with Gasteiger partial charge in [0.1, 0.15) is 5.75 Å². The molecule has 2 heterocycles. The third kappa shape index (κ3) is 4.99. The second-order valence-electron chi connectivity index (χ2n) is 8.62. The van der Waals surface area contributed by atoms with Crippen LogP contribution in [0.4, 0.5) is 18.9 Å². The van der Waals surface area contributed by atoms with Crippen LogP contribution in [0, 0.1) is 0 Å². The Balaban J connectivity index is 1.36. The molecule has 0 atom stereocenters. The first-order valence-corrected chi connectivity index (χ1v) is 11.9. The van der Waals surface area contributed by atoms with Crippen LogP contribution >= 0.6 is 11.6 Å². The summed E-state index contributed by atoms with van der Waals surface area (Å²) in [5, 5.41) is 14.1. The molecule has 37 heavy (non-hydrogen) atoms. The minimum absolute atomic E-state index is 0.168. The van der Waals surface area contributed by atoms with Gasteiger partial charge in [0.05, 0.1) is 22.1 Å². The summed E-state index contributed by atoms with van der Waals surface area (Å²) in [5.41, 5.74) is 1.11. The number of hydrogen-bond donors (Lipinski definition) is 1. The zero-order valence-electron chi connectivity index (χ0n) is 19.5. The van der Waals surface area contributed by atoms with Crippen molar-refractivity contribution in [3.63, 3.8) is 0 Å². The van der Waals surface area contributed by atoms with Gasteiger partial charge in [-0.1, -0.05) is 48.0 Å². The Morgan fingerprint density at radius 1 is 0.865 bits per heavy atom. The third-order valence-corrected chi connectivity index (χ3v) is 6.62. The number of amides is 1. The lowest BCUT2D eigenvalue weighted by Crippen LogP contribution is -2.48. The number of carbonyl (C=O) groups is 1. The molecule has 1 amide bonds. The number of phenols is 1. The van der Waals surface area contributed by atoms with Crippen molar-refractivity contribution in [2.75, 3.05) is 31.1 Å². The fourth-order valence-electron chi connectivity index (χ4n) is 4.38. The summed E-state index contributed by atoms with van der Waals surface area (Å²) in [6.07, 6.45) is -4.63. The van der Waals surface area contributed by atoms with Crippen LogP contribution in [0.2, 0.25) is 5.02 Å². The van der Waals surface area contributed by atoms with Crippen LogP contribution in [0.25, 0.3) is 16.9 Å². The van der Waals surface area contributed by atoms with Crippen LogP contribution in [0.3, 0.4) is 0 Å². The van der Waals surface area contributed by atoms with Crippen molar-refractivity contribution in [1.29, 1.82) is 0 Å². The third-order valence-electron chi connectivity index (χ3n) is 6.30. The number of halogens is 4. The van der Waals surface area contributed by atoms with Gasteiger partial charge in [0.2, 0.25) is 0 Å². The van der Waals surface area contributed by atoms with Crippen molar-refractivity contribution in [3.8, 4) is 22.7 Å². The van der Waals surface area contributed by atoms with E-state index in [0.717, 1.165) is 11.8 Å². The van der Waals surface area contributed by atoms with Gasteiger partial charge in [0.25, 0.3) is 5.91 Å². The Bertz CT molecular complexity index is 1430. The molecule has 0 radical (unpaired) electrons. The summed E-state index contributed by atoms with van der Waals surface area (Å²) in [4.78, 5) is 16.8. The molecule has 10 heteroatoms. The van der Waals surface area contributed by atoms with Crippen LogP contribution in [-0.2, 0) is 6.18 Å². The lowest BCUT2D eigenvalue weighted by Gasteiger charge is -2.36. The zero-order valence-corrected chi connectivity index (χ0v) is 20.2. The molecule has 1 N–H and O–H groups in total. The minimum atomic E-state index is -4.63. The van der Waals surface area contributed by atoms with E-state index < -0.39 is 11.9 Å². The molecule has 1 aliphatic rings. The fourth-order valence-corrected chi connectivity index (χ4v) is 4.60. The normalized spacial score (nSPS) is 14.2. The molecule has 0 aliphatic carbocycles. The molecule has 0 bridgehead atoms. The second-order valence-corrected chi connectivity index (χ2v) is 9.03. The van der Waals surface area contributed by atoms with Gasteiger partial charge in [0, 0.05) is 37.3 Å². The van der Waals surface area contributed by atoms with Crippen LogP contribution in [0.15, 0.2) is 78.9 Å². The van der Waals surface area contributed by atoms with Gasteiger partial charge in [-0.3, -0.25) is 4.79 Å². The van der Waals surface area contributed by atoms with Crippen molar-refractivity contribution >= 4 is 23.2 Å². The molecule has 1 saturated heterocycles. The molecule has 5 rings (SSSR count). The number of phenolic OH excluding ortho intramolecular Hbond substituents is 1. The number of benzene rings is 3. The molecule has 1 aromatic heterocycles. The van der Waals surface area contributed by atoms with Gasteiger partial charge in [0.15, 0.2) is 5.69 Å². The number of aromatic hydroxyl groups is 1. The number of alkyl halides is 3. The van der Waals surface area contributed by atoms with Crippen LogP contribution in [0.1, 0.15) is 16.1 Å². The summed E-state index contributed by atoms with van der Waals surface area (Å²) >= 11 is 6.24. The highest BCUT2D eigenvalue weighted by Gasteiger charge is 2.35. The predicted octanol–water partition coefficient (Wildman–Crippen LogP) is 5.88. The molecular formula is C27H22ClF3N4O2. The van der Waals surface area contributed by atoms with E-state index in [-0.39, 0.29) is 22.4 Å². The standard InChI is InChI=1S/C27H22ClF3N4O2/c28-20-5-1-2-6-21(20)35-23(17-25(32-35)27(29,30)31)18-9-11-19(12-10-18)26(37)34-15-13-33(14-16-34)22-7-3-4-8-24(22)36/h1-12,17,36H,13-16H2. The topological polar surface area (TPSA) is 61.6 Å². The molecule has 4 aromatic rings. The lowest BCUT2D eigenvalue weighted by molar-refractivity contribution is -0.141. The van der Waals surface area contributed by atoms with E-state index in [1.807, 2.05) is 17.0 Å².